The van der Waals surface area contributed by atoms with E-state index >= 15 is 0 Å². The molecule has 4 nitrogen and oxygen atoms in total. The number of para-hydroxylation sites is 2. The minimum atomic E-state index is 0.873. The van der Waals surface area contributed by atoms with E-state index in [4.69, 9.17) is 24.4 Å². The first-order valence-electron chi connectivity index (χ1n) is 8.54. The van der Waals surface area contributed by atoms with Gasteiger partial charge in [0.25, 0.3) is 0 Å². The Balaban J connectivity index is 1.30. The largest absolute Gasteiger partial charge is 0.324 e. The molecule has 0 spiro atoms. The van der Waals surface area contributed by atoms with Gasteiger partial charge in [-0.1, -0.05) is 24.3 Å². The maximum atomic E-state index is 5.51. The zero-order valence-corrected chi connectivity index (χ0v) is 17.4. The Labute approximate surface area is 169 Å². The van der Waals surface area contributed by atoms with Crippen molar-refractivity contribution in [3.63, 3.8) is 0 Å². The van der Waals surface area contributed by atoms with Gasteiger partial charge in [0.1, 0.15) is 13.1 Å². The summed E-state index contributed by atoms with van der Waals surface area (Å²) in [7, 11) is 0. The third-order valence-electron chi connectivity index (χ3n) is 4.35. The lowest BCUT2D eigenvalue weighted by Gasteiger charge is -2.06. The predicted octanol–water partition coefficient (Wildman–Crippen LogP) is 2.92. The average molecular weight is 421 g/mol. The number of aromatic nitrogens is 2. The summed E-state index contributed by atoms with van der Waals surface area (Å²) in [6.45, 7) is 3.83. The van der Waals surface area contributed by atoms with Gasteiger partial charge in [-0.05, 0) is 48.7 Å². The Morgan fingerprint density at radius 3 is 1.58 bits per heavy atom. The highest BCUT2D eigenvalue weighted by Gasteiger charge is 2.07. The lowest BCUT2D eigenvalue weighted by molar-refractivity contribution is -0.749. The number of benzene rings is 2. The van der Waals surface area contributed by atoms with E-state index < -0.39 is 0 Å². The Kier molecular flexibility index (Phi) is 5.58. The van der Waals surface area contributed by atoms with E-state index in [9.17, 15) is 0 Å². The molecular weight excluding hydrogens is 400 g/mol. The molecule has 0 saturated carbocycles. The fraction of sp³-hybridized carbons (Fsp3) is 0.222. The molecular formula is C18H20N4S4+2. The second kappa shape index (κ2) is 8.08. The molecule has 0 amide bonds. The van der Waals surface area contributed by atoms with Crippen LogP contribution in [0.15, 0.2) is 48.5 Å². The standard InChI is InChI=1S/C18H18N4S4/c23-17-21(13-5-1-3-7-15(13)25-17)11-19-9-10-20-12-22-14-6-2-4-8-16(14)26-18(22)24/h1-8,19-20H,9-12H2/p+2. The number of hydrogen-bond donors (Lipinski definition) is 2. The number of nitrogens with two attached hydrogens (primary N) is 2. The topological polar surface area (TPSA) is 43.1 Å². The van der Waals surface area contributed by atoms with Crippen molar-refractivity contribution in [1.29, 1.82) is 0 Å². The van der Waals surface area contributed by atoms with Gasteiger partial charge in [-0.15, -0.1) is 22.7 Å². The van der Waals surface area contributed by atoms with Crippen molar-refractivity contribution in [3.8, 4) is 0 Å². The minimum Gasteiger partial charge on any atom is -0.324 e. The molecule has 0 aliphatic carbocycles. The van der Waals surface area contributed by atoms with Gasteiger partial charge >= 0.3 is 0 Å². The van der Waals surface area contributed by atoms with Crippen molar-refractivity contribution in [3.05, 3.63) is 56.4 Å². The first-order valence-corrected chi connectivity index (χ1v) is 11.0. The summed E-state index contributed by atoms with van der Waals surface area (Å²) in [4.78, 5) is 0. The van der Waals surface area contributed by atoms with Crippen LogP contribution in [0.5, 0.6) is 0 Å². The molecule has 4 N–H and O–H groups in total. The third kappa shape index (κ3) is 3.66. The van der Waals surface area contributed by atoms with Crippen LogP contribution in [0.25, 0.3) is 20.4 Å². The summed E-state index contributed by atoms with van der Waals surface area (Å²) in [5, 5.41) is 4.63. The fourth-order valence-electron chi connectivity index (χ4n) is 3.05. The zero-order valence-electron chi connectivity index (χ0n) is 14.1. The molecule has 0 saturated heterocycles. The van der Waals surface area contributed by atoms with Gasteiger partial charge < -0.3 is 10.6 Å². The van der Waals surface area contributed by atoms with Gasteiger partial charge in [0, 0.05) is 0 Å². The molecule has 4 rings (SSSR count). The molecule has 2 aromatic heterocycles. The third-order valence-corrected chi connectivity index (χ3v) is 7.21. The second-order valence-corrected chi connectivity index (χ2v) is 9.40. The molecule has 2 heterocycles. The fourth-order valence-corrected chi connectivity index (χ4v) is 5.74. The normalized spacial score (nSPS) is 11.5. The van der Waals surface area contributed by atoms with Crippen molar-refractivity contribution in [2.45, 2.75) is 13.3 Å². The lowest BCUT2D eigenvalue weighted by Crippen LogP contribution is -2.94. The van der Waals surface area contributed by atoms with Gasteiger partial charge in [-0.3, -0.25) is 9.13 Å². The first kappa shape index (κ1) is 18.0. The SMILES string of the molecule is S=c1sc2ccccc2n1C[NH2+]CC[NH2+]Cn1c(=S)sc2ccccc21. The van der Waals surface area contributed by atoms with E-state index in [2.05, 4.69) is 68.3 Å². The number of hydrogen-bond acceptors (Lipinski definition) is 4. The quantitative estimate of drug-likeness (QED) is 0.357. The van der Waals surface area contributed by atoms with Crippen LogP contribution in [0.3, 0.4) is 0 Å². The molecule has 0 aliphatic heterocycles. The highest BCUT2D eigenvalue weighted by Crippen LogP contribution is 2.22. The van der Waals surface area contributed by atoms with Crippen LogP contribution < -0.4 is 10.6 Å². The highest BCUT2D eigenvalue weighted by molar-refractivity contribution is 7.74. The van der Waals surface area contributed by atoms with Crippen LogP contribution in [0.2, 0.25) is 0 Å². The highest BCUT2D eigenvalue weighted by atomic mass is 32.2. The van der Waals surface area contributed by atoms with Crippen molar-refractivity contribution in [2.24, 2.45) is 0 Å². The zero-order chi connectivity index (χ0) is 17.9. The molecule has 0 bridgehead atoms. The van der Waals surface area contributed by atoms with Crippen molar-refractivity contribution in [2.75, 3.05) is 13.1 Å². The van der Waals surface area contributed by atoms with Gasteiger partial charge in [0.05, 0.1) is 20.4 Å². The number of rotatable bonds is 7. The van der Waals surface area contributed by atoms with E-state index in [1.807, 2.05) is 0 Å². The molecule has 0 unspecified atom stereocenters. The molecule has 8 heteroatoms. The van der Waals surface area contributed by atoms with E-state index in [1.54, 1.807) is 22.7 Å². The molecule has 2 aromatic carbocycles. The van der Waals surface area contributed by atoms with Crippen LogP contribution in [0.4, 0.5) is 0 Å². The lowest BCUT2D eigenvalue weighted by atomic mass is 10.3. The minimum absolute atomic E-state index is 0.873. The van der Waals surface area contributed by atoms with E-state index in [0.717, 1.165) is 34.3 Å². The van der Waals surface area contributed by atoms with Gasteiger partial charge in [0.2, 0.25) is 0 Å². The Morgan fingerprint density at radius 2 is 1.12 bits per heavy atom. The van der Waals surface area contributed by atoms with Crippen molar-refractivity contribution in [1.82, 2.24) is 9.13 Å². The number of thiazole rings is 2. The van der Waals surface area contributed by atoms with Crippen LogP contribution in [0, 0.1) is 7.91 Å². The van der Waals surface area contributed by atoms with Crippen molar-refractivity contribution >= 4 is 67.5 Å². The van der Waals surface area contributed by atoms with Crippen molar-refractivity contribution < 1.29 is 10.6 Å². The molecule has 0 radical (unpaired) electrons. The molecule has 134 valence electrons. The molecule has 4 aromatic rings. The van der Waals surface area contributed by atoms with E-state index in [1.165, 1.54) is 20.4 Å². The van der Waals surface area contributed by atoms with E-state index in [0.29, 0.717) is 0 Å². The smallest absolute Gasteiger partial charge is 0.166 e. The maximum Gasteiger partial charge on any atom is 0.166 e. The number of quaternary nitrogens is 2. The average Bonchev–Trinajstić information content (AvgIpc) is 3.14. The summed E-state index contributed by atoms with van der Waals surface area (Å²) >= 11 is 14.4. The van der Waals surface area contributed by atoms with Crippen LogP contribution in [-0.4, -0.2) is 22.2 Å². The molecule has 0 fully saturated rings. The Hall–Kier alpha value is -1.42. The molecule has 0 atom stereocenters. The summed E-state index contributed by atoms with van der Waals surface area (Å²) in [5.74, 6) is 0. The summed E-state index contributed by atoms with van der Waals surface area (Å²) < 4.78 is 8.85. The summed E-state index contributed by atoms with van der Waals surface area (Å²) in [6.07, 6.45) is 0. The van der Waals surface area contributed by atoms with E-state index in [-0.39, 0.29) is 0 Å². The molecule has 26 heavy (non-hydrogen) atoms. The van der Waals surface area contributed by atoms with Crippen LogP contribution in [-0.2, 0) is 13.3 Å². The number of fused-ring (bicyclic) bond motifs is 2. The van der Waals surface area contributed by atoms with Gasteiger partial charge in [0.15, 0.2) is 21.2 Å². The second-order valence-electron chi connectivity index (χ2n) is 6.05. The Morgan fingerprint density at radius 1 is 0.692 bits per heavy atom. The number of nitrogens with zero attached hydrogens (tertiary/aromatic N) is 2. The summed E-state index contributed by atoms with van der Waals surface area (Å²) in [6, 6.07) is 16.8. The van der Waals surface area contributed by atoms with Gasteiger partial charge in [-0.2, -0.15) is 0 Å². The predicted molar refractivity (Wildman–Crippen MR) is 115 cm³/mol. The van der Waals surface area contributed by atoms with Crippen LogP contribution in [0.1, 0.15) is 0 Å². The first-order chi connectivity index (χ1) is 12.7. The van der Waals surface area contributed by atoms with Gasteiger partial charge in [-0.25, -0.2) is 0 Å². The summed E-state index contributed by atoms with van der Waals surface area (Å²) in [5.41, 5.74) is 2.47. The Bertz CT molecular complexity index is 1060. The molecule has 0 aliphatic rings. The maximum absolute atomic E-state index is 5.51. The monoisotopic (exact) mass is 420 g/mol. The van der Waals surface area contributed by atoms with Crippen LogP contribution >= 0.6 is 47.1 Å².